The Morgan fingerprint density at radius 1 is 1.14 bits per heavy atom. The van der Waals surface area contributed by atoms with Gasteiger partial charge >= 0.3 is 5.97 Å². The van der Waals surface area contributed by atoms with Gasteiger partial charge in [0.05, 0.1) is 11.8 Å². The average molecular weight is 398 g/mol. The number of amides is 3. The topological polar surface area (TPSA) is 92.8 Å². The first-order valence-electron chi connectivity index (χ1n) is 10.2. The largest absolute Gasteiger partial charge is 0.454 e. The minimum absolute atomic E-state index is 0.253. The number of hydrogen-bond donors (Lipinski definition) is 1. The third-order valence-corrected chi connectivity index (χ3v) is 6.91. The summed E-state index contributed by atoms with van der Waals surface area (Å²) in [6.45, 7) is 4.86. The fourth-order valence-corrected chi connectivity index (χ4v) is 5.25. The number of ether oxygens (including phenoxy) is 1. The van der Waals surface area contributed by atoms with Crippen LogP contribution in [-0.4, -0.2) is 41.2 Å². The zero-order valence-corrected chi connectivity index (χ0v) is 16.9. The molecule has 1 N–H and O–H groups in total. The zero-order valence-electron chi connectivity index (χ0n) is 16.9. The number of hydrogen-bond acceptors (Lipinski definition) is 5. The van der Waals surface area contributed by atoms with Crippen molar-refractivity contribution in [3.63, 3.8) is 0 Å². The lowest BCUT2D eigenvalue weighted by molar-refractivity contribution is -0.159. The molecule has 1 aromatic carbocycles. The molecule has 3 amide bonds. The summed E-state index contributed by atoms with van der Waals surface area (Å²) in [5.74, 6) is -1.74. The van der Waals surface area contributed by atoms with E-state index >= 15 is 0 Å². The predicted molar refractivity (Wildman–Crippen MR) is 105 cm³/mol. The highest BCUT2D eigenvalue weighted by Crippen LogP contribution is 2.56. The lowest BCUT2D eigenvalue weighted by atomic mass is 9.81. The third kappa shape index (κ3) is 3.22. The van der Waals surface area contributed by atoms with Gasteiger partial charge in [0, 0.05) is 5.69 Å². The summed E-state index contributed by atoms with van der Waals surface area (Å²) in [5, 5.41) is 2.72. The summed E-state index contributed by atoms with van der Waals surface area (Å²) in [6.07, 6.45) is 2.91. The number of carbonyl (C=O) groups excluding carboxylic acids is 4. The van der Waals surface area contributed by atoms with Crippen LogP contribution in [-0.2, 0) is 23.9 Å². The summed E-state index contributed by atoms with van der Waals surface area (Å²) in [5.41, 5.74) is 2.64. The van der Waals surface area contributed by atoms with Gasteiger partial charge in [0.15, 0.2) is 6.61 Å². The molecule has 1 aromatic rings. The van der Waals surface area contributed by atoms with E-state index in [2.05, 4.69) is 5.32 Å². The first kappa shape index (κ1) is 19.6. The summed E-state index contributed by atoms with van der Waals surface area (Å²) in [6, 6.07) is 4.53. The highest BCUT2D eigenvalue weighted by Gasteiger charge is 2.62. The van der Waals surface area contributed by atoms with E-state index in [0.29, 0.717) is 5.69 Å². The number of fused-ring (bicyclic) bond motifs is 5. The van der Waals surface area contributed by atoms with Gasteiger partial charge in [-0.2, -0.15) is 0 Å². The molecule has 154 valence electrons. The number of carbonyl (C=O) groups is 4. The highest BCUT2D eigenvalue weighted by molar-refractivity contribution is 6.08. The van der Waals surface area contributed by atoms with Crippen LogP contribution in [0.3, 0.4) is 0 Å². The molecule has 4 rings (SSSR count). The molecular weight excluding hydrogens is 372 g/mol. The first-order chi connectivity index (χ1) is 13.8. The van der Waals surface area contributed by atoms with Gasteiger partial charge in [-0.1, -0.05) is 12.1 Å². The second-order valence-electron chi connectivity index (χ2n) is 8.51. The predicted octanol–water partition coefficient (Wildman–Crippen LogP) is 2.20. The summed E-state index contributed by atoms with van der Waals surface area (Å²) < 4.78 is 5.11. The van der Waals surface area contributed by atoms with Gasteiger partial charge in [0.2, 0.25) is 11.8 Å². The van der Waals surface area contributed by atoms with Gasteiger partial charge in [-0.15, -0.1) is 0 Å². The van der Waals surface area contributed by atoms with Crippen molar-refractivity contribution in [2.24, 2.45) is 23.7 Å². The van der Waals surface area contributed by atoms with Crippen LogP contribution in [0.2, 0.25) is 0 Å². The molecule has 2 saturated carbocycles. The van der Waals surface area contributed by atoms with Crippen molar-refractivity contribution in [3.05, 3.63) is 29.3 Å². The van der Waals surface area contributed by atoms with E-state index in [9.17, 15) is 19.2 Å². The number of nitrogens with one attached hydrogen (secondary N) is 1. The second-order valence-corrected chi connectivity index (χ2v) is 8.51. The maximum Gasteiger partial charge on any atom is 0.329 e. The van der Waals surface area contributed by atoms with Crippen LogP contribution < -0.4 is 5.32 Å². The quantitative estimate of drug-likeness (QED) is 0.606. The number of anilines is 1. The standard InChI is InChI=1S/C22H26N2O5/c1-11-5-4-6-16(12(11)2)23-17(25)10-29-22(28)13(3)24-20(26)18-14-7-8-15(9-14)19(18)21(24)27/h4-6,13-15,18-19H,7-10H2,1-3H3,(H,23,25)/t13-,14+,15+,18-,19+/m1/s1. The second kappa shape index (κ2) is 7.28. The molecule has 2 aliphatic carbocycles. The van der Waals surface area contributed by atoms with Crippen LogP contribution >= 0.6 is 0 Å². The van der Waals surface area contributed by atoms with E-state index in [0.717, 1.165) is 35.3 Å². The number of aryl methyl sites for hydroxylation is 1. The molecule has 1 heterocycles. The minimum Gasteiger partial charge on any atom is -0.454 e. The molecule has 2 bridgehead atoms. The molecule has 0 aromatic heterocycles. The molecule has 1 aliphatic heterocycles. The van der Waals surface area contributed by atoms with Crippen molar-refractivity contribution in [1.29, 1.82) is 0 Å². The van der Waals surface area contributed by atoms with Gasteiger partial charge < -0.3 is 10.1 Å². The lowest BCUT2D eigenvalue weighted by Gasteiger charge is -2.23. The fourth-order valence-electron chi connectivity index (χ4n) is 5.25. The Morgan fingerprint density at radius 3 is 2.38 bits per heavy atom. The van der Waals surface area contributed by atoms with Gasteiger partial charge in [0.1, 0.15) is 6.04 Å². The SMILES string of the molecule is Cc1cccc(NC(=O)COC(=O)[C@@H](C)N2C(=O)[C@@H]3[C@H]4CC[C@@H](C4)[C@@H]3C2=O)c1C. The number of benzene rings is 1. The lowest BCUT2D eigenvalue weighted by Crippen LogP contribution is -2.45. The van der Waals surface area contributed by atoms with E-state index in [4.69, 9.17) is 4.74 Å². The number of rotatable bonds is 5. The molecule has 0 spiro atoms. The zero-order chi connectivity index (χ0) is 20.9. The third-order valence-electron chi connectivity index (χ3n) is 6.91. The van der Waals surface area contributed by atoms with Crippen molar-refractivity contribution >= 4 is 29.4 Å². The molecule has 7 heteroatoms. The van der Waals surface area contributed by atoms with Crippen molar-refractivity contribution in [3.8, 4) is 0 Å². The first-order valence-corrected chi connectivity index (χ1v) is 10.2. The summed E-state index contributed by atoms with van der Waals surface area (Å²) in [7, 11) is 0. The molecular formula is C22H26N2O5. The van der Waals surface area contributed by atoms with Crippen LogP contribution in [0.25, 0.3) is 0 Å². The molecule has 3 fully saturated rings. The maximum absolute atomic E-state index is 12.8. The monoisotopic (exact) mass is 398 g/mol. The number of nitrogens with zero attached hydrogens (tertiary/aromatic N) is 1. The Labute approximate surface area is 169 Å². The summed E-state index contributed by atoms with van der Waals surface area (Å²) in [4.78, 5) is 51.3. The van der Waals surface area contributed by atoms with Crippen LogP contribution in [0, 0.1) is 37.5 Å². The van der Waals surface area contributed by atoms with Crippen molar-refractivity contribution in [1.82, 2.24) is 4.90 Å². The van der Waals surface area contributed by atoms with Crippen molar-refractivity contribution < 1.29 is 23.9 Å². The Morgan fingerprint density at radius 2 is 1.76 bits per heavy atom. The van der Waals surface area contributed by atoms with Crippen LogP contribution in [0.4, 0.5) is 5.69 Å². The van der Waals surface area contributed by atoms with E-state index < -0.39 is 24.5 Å². The van der Waals surface area contributed by atoms with Crippen molar-refractivity contribution in [2.45, 2.75) is 46.1 Å². The molecule has 7 nitrogen and oxygen atoms in total. The Hall–Kier alpha value is -2.70. The smallest absolute Gasteiger partial charge is 0.329 e. The molecule has 0 radical (unpaired) electrons. The summed E-state index contributed by atoms with van der Waals surface area (Å²) >= 11 is 0. The molecule has 1 saturated heterocycles. The van der Waals surface area contributed by atoms with E-state index in [1.807, 2.05) is 26.0 Å². The number of esters is 1. The van der Waals surface area contributed by atoms with E-state index in [-0.39, 0.29) is 35.5 Å². The average Bonchev–Trinajstić information content (AvgIpc) is 3.37. The molecule has 3 aliphatic rings. The van der Waals surface area contributed by atoms with Gasteiger partial charge in [-0.25, -0.2) is 4.79 Å². The van der Waals surface area contributed by atoms with E-state index in [1.165, 1.54) is 6.92 Å². The normalized spacial score (nSPS) is 28.4. The Balaban J connectivity index is 1.35. The highest BCUT2D eigenvalue weighted by atomic mass is 16.5. The number of imide groups is 1. The van der Waals surface area contributed by atoms with E-state index in [1.54, 1.807) is 6.07 Å². The number of likely N-dealkylation sites (tertiary alicyclic amines) is 1. The van der Waals surface area contributed by atoms with Gasteiger partial charge in [0.25, 0.3) is 5.91 Å². The maximum atomic E-state index is 12.8. The van der Waals surface area contributed by atoms with Crippen molar-refractivity contribution in [2.75, 3.05) is 11.9 Å². The fraction of sp³-hybridized carbons (Fsp3) is 0.545. The van der Waals surface area contributed by atoms with Gasteiger partial charge in [-0.05, 0) is 69.1 Å². The van der Waals surface area contributed by atoms with Crippen LogP contribution in [0.15, 0.2) is 18.2 Å². The van der Waals surface area contributed by atoms with Gasteiger partial charge in [-0.3, -0.25) is 19.3 Å². The van der Waals surface area contributed by atoms with Crippen LogP contribution in [0.5, 0.6) is 0 Å². The minimum atomic E-state index is -1.02. The Kier molecular flexibility index (Phi) is 4.92. The molecule has 0 unspecified atom stereocenters. The molecule has 5 atom stereocenters. The molecule has 29 heavy (non-hydrogen) atoms. The Bertz CT molecular complexity index is 867. The van der Waals surface area contributed by atoms with Crippen LogP contribution in [0.1, 0.15) is 37.3 Å².